The van der Waals surface area contributed by atoms with Gasteiger partial charge >= 0.3 is 8.60 Å². The number of benzene rings is 5. The highest BCUT2D eigenvalue weighted by Gasteiger charge is 2.30. The van der Waals surface area contributed by atoms with Crippen LogP contribution in [0.1, 0.15) is 123 Å². The van der Waals surface area contributed by atoms with Gasteiger partial charge in [-0.3, -0.25) is 4.79 Å². The highest BCUT2D eigenvalue weighted by molar-refractivity contribution is 7.43. The second-order valence-corrected chi connectivity index (χ2v) is 18.4. The number of hydrogen-bond donors (Lipinski definition) is 0. The molecule has 0 atom stereocenters. The fraction of sp³-hybridized carbons (Fsp3) is 0.386. The van der Waals surface area contributed by atoms with Gasteiger partial charge in [-0.1, -0.05) is 119 Å². The molecule has 0 aromatic heterocycles. The molecule has 0 aliphatic rings. The largest absolute Gasteiger partial charge is 0.530 e. The van der Waals surface area contributed by atoms with Crippen molar-refractivity contribution >= 4 is 35.9 Å². The lowest BCUT2D eigenvalue weighted by atomic mass is 9.83. The van der Waals surface area contributed by atoms with Crippen LogP contribution in [0.5, 0.6) is 17.2 Å². The highest BCUT2D eigenvalue weighted by Crippen LogP contribution is 2.49. The van der Waals surface area contributed by atoms with E-state index in [0.29, 0.717) is 11.3 Å². The van der Waals surface area contributed by atoms with Crippen LogP contribution in [0.2, 0.25) is 0 Å². The number of carbonyl (C=O) groups excluding carboxylic acids is 1. The minimum atomic E-state index is -1.99. The topological polar surface area (TPSA) is 44.8 Å². The zero-order chi connectivity index (χ0) is 36.1. The normalized spacial score (nSPS) is 12.9. The van der Waals surface area contributed by atoms with Crippen molar-refractivity contribution in [1.82, 2.24) is 0 Å². The van der Waals surface area contributed by atoms with Crippen LogP contribution in [0.4, 0.5) is 0 Å². The molecular formula is C44H53O4P. The van der Waals surface area contributed by atoms with Gasteiger partial charge in [-0.2, -0.15) is 0 Å². The highest BCUT2D eigenvalue weighted by atomic mass is 31.2. The molecule has 0 fully saturated rings. The minimum absolute atomic E-state index is 0.00233. The second kappa shape index (κ2) is 13.1. The molecule has 4 nitrogen and oxygen atoms in total. The summed E-state index contributed by atoms with van der Waals surface area (Å²) in [7, 11) is -1.99. The van der Waals surface area contributed by atoms with Gasteiger partial charge < -0.3 is 13.6 Å². The van der Waals surface area contributed by atoms with E-state index in [2.05, 4.69) is 144 Å². The van der Waals surface area contributed by atoms with Crippen molar-refractivity contribution in [2.24, 2.45) is 0 Å². The maximum absolute atomic E-state index is 12.0. The molecule has 0 spiro atoms. The Bertz CT molecular complexity index is 1880. The number of carbonyl (C=O) groups is 1. The van der Waals surface area contributed by atoms with E-state index in [1.54, 1.807) is 31.2 Å². The molecule has 5 heteroatoms. The monoisotopic (exact) mass is 676 g/mol. The van der Waals surface area contributed by atoms with E-state index < -0.39 is 8.60 Å². The van der Waals surface area contributed by atoms with Crippen molar-refractivity contribution in [3.05, 3.63) is 113 Å². The first kappa shape index (κ1) is 36.4. The molecule has 0 unspecified atom stereocenters. The molecule has 0 radical (unpaired) electrons. The number of rotatable bonds is 7. The van der Waals surface area contributed by atoms with Crippen LogP contribution >= 0.6 is 8.60 Å². The molecule has 0 N–H and O–H groups in total. The van der Waals surface area contributed by atoms with Gasteiger partial charge in [0.15, 0.2) is 5.78 Å². The molecule has 0 aliphatic carbocycles. The van der Waals surface area contributed by atoms with Gasteiger partial charge in [0.25, 0.3) is 0 Å². The number of hydrogen-bond acceptors (Lipinski definition) is 4. The van der Waals surface area contributed by atoms with Crippen molar-refractivity contribution in [1.29, 1.82) is 0 Å². The molecule has 0 amide bonds. The molecule has 0 aliphatic heterocycles. The first-order valence-electron chi connectivity index (χ1n) is 17.2. The average Bonchev–Trinajstić information content (AvgIpc) is 2.98. The third-order valence-corrected chi connectivity index (χ3v) is 10.1. The van der Waals surface area contributed by atoms with Crippen LogP contribution in [-0.4, -0.2) is 5.78 Å². The summed E-state index contributed by atoms with van der Waals surface area (Å²) in [6.45, 7) is 28.2. The van der Waals surface area contributed by atoms with Gasteiger partial charge in [0, 0.05) is 16.7 Å². The number of fused-ring (bicyclic) bond motifs is 2. The van der Waals surface area contributed by atoms with Crippen molar-refractivity contribution < 1.29 is 18.4 Å². The Hall–Kier alpha value is -3.88. The third kappa shape index (κ3) is 8.47. The Labute approximate surface area is 295 Å². The van der Waals surface area contributed by atoms with Gasteiger partial charge in [-0.05, 0) is 110 Å². The maximum atomic E-state index is 12.0. The smallest absolute Gasteiger partial charge is 0.409 e. The zero-order valence-electron chi connectivity index (χ0n) is 31.7. The Morgan fingerprint density at radius 1 is 0.469 bits per heavy atom. The molecule has 5 aromatic carbocycles. The zero-order valence-corrected chi connectivity index (χ0v) is 32.6. The predicted molar refractivity (Wildman–Crippen MR) is 208 cm³/mol. The van der Waals surface area contributed by atoms with Crippen molar-refractivity contribution in [2.45, 2.75) is 112 Å². The van der Waals surface area contributed by atoms with E-state index in [0.717, 1.165) is 33.4 Å². The summed E-state index contributed by atoms with van der Waals surface area (Å²) in [5.74, 6) is 2.02. The SMILES string of the molecule is CC(=O)c1ccc(OP(Oc2cc3ccc(C(C)(C)C)cc3cc2C(C)(C)C)Oc2cc3ccc(C(C)(C)C)cc3cc2C(C)(C)C)cc1. The van der Waals surface area contributed by atoms with E-state index in [4.69, 9.17) is 13.6 Å². The lowest BCUT2D eigenvalue weighted by Gasteiger charge is -2.28. The summed E-state index contributed by atoms with van der Waals surface area (Å²) in [5.41, 5.74) is 5.00. The molecular weight excluding hydrogens is 623 g/mol. The second-order valence-electron chi connectivity index (χ2n) is 17.4. The third-order valence-electron chi connectivity index (χ3n) is 9.01. The number of ketones is 1. The first-order valence-corrected chi connectivity index (χ1v) is 18.3. The molecule has 0 heterocycles. The summed E-state index contributed by atoms with van der Waals surface area (Å²) >= 11 is 0. The van der Waals surface area contributed by atoms with E-state index in [1.165, 1.54) is 21.9 Å². The van der Waals surface area contributed by atoms with E-state index in [-0.39, 0.29) is 27.4 Å². The van der Waals surface area contributed by atoms with Crippen LogP contribution < -0.4 is 13.6 Å². The molecule has 5 aromatic rings. The number of Topliss-reactive ketones (excluding diaryl/α,β-unsaturated/α-hetero) is 1. The Morgan fingerprint density at radius 3 is 1.22 bits per heavy atom. The van der Waals surface area contributed by atoms with Gasteiger partial charge in [-0.15, -0.1) is 0 Å². The van der Waals surface area contributed by atoms with E-state index in [1.807, 2.05) is 0 Å². The fourth-order valence-corrected chi connectivity index (χ4v) is 6.89. The van der Waals surface area contributed by atoms with Crippen LogP contribution in [-0.2, 0) is 21.7 Å². The standard InChI is InChI=1S/C44H53O4P/c1-28(45)29-16-20-36(21-17-29)46-49(47-39-26-30-14-18-34(41(2,3)4)22-32(30)24-37(39)43(8,9)10)48-40-27-31-15-19-35(42(5,6)7)23-33(31)25-38(40)44(11,12)13/h14-27H,1-13H3. The summed E-state index contributed by atoms with van der Waals surface area (Å²) < 4.78 is 20.3. The fourth-order valence-electron chi connectivity index (χ4n) is 5.86. The Kier molecular flexibility index (Phi) is 9.74. The molecule has 49 heavy (non-hydrogen) atoms. The molecule has 0 saturated carbocycles. The van der Waals surface area contributed by atoms with Crippen LogP contribution in [0, 0.1) is 0 Å². The average molecular weight is 677 g/mol. The van der Waals surface area contributed by atoms with Crippen LogP contribution in [0.3, 0.4) is 0 Å². The quantitative estimate of drug-likeness (QED) is 0.127. The van der Waals surface area contributed by atoms with Gasteiger partial charge in [-0.25, -0.2) is 0 Å². The van der Waals surface area contributed by atoms with Gasteiger partial charge in [0.05, 0.1) is 0 Å². The summed E-state index contributed by atoms with van der Waals surface area (Å²) in [6, 6.07) is 29.2. The van der Waals surface area contributed by atoms with Crippen LogP contribution in [0.15, 0.2) is 84.9 Å². The predicted octanol–water partition coefficient (Wildman–Crippen LogP) is 13.1. The molecule has 0 saturated heterocycles. The maximum Gasteiger partial charge on any atom is 0.530 e. The summed E-state index contributed by atoms with van der Waals surface area (Å²) in [5, 5.41) is 4.53. The van der Waals surface area contributed by atoms with Gasteiger partial charge in [0.2, 0.25) is 0 Å². The van der Waals surface area contributed by atoms with Gasteiger partial charge in [0.1, 0.15) is 17.2 Å². The van der Waals surface area contributed by atoms with Crippen LogP contribution in [0.25, 0.3) is 21.5 Å². The van der Waals surface area contributed by atoms with E-state index >= 15 is 0 Å². The lowest BCUT2D eigenvalue weighted by Crippen LogP contribution is -2.16. The summed E-state index contributed by atoms with van der Waals surface area (Å²) in [6.07, 6.45) is 0. The lowest BCUT2D eigenvalue weighted by molar-refractivity contribution is 0.101. The Balaban J connectivity index is 1.64. The molecule has 5 rings (SSSR count). The van der Waals surface area contributed by atoms with Crippen molar-refractivity contribution in [2.75, 3.05) is 0 Å². The first-order chi connectivity index (χ1) is 22.6. The van der Waals surface area contributed by atoms with Crippen molar-refractivity contribution in [3.63, 3.8) is 0 Å². The summed E-state index contributed by atoms with van der Waals surface area (Å²) in [4.78, 5) is 12.0. The molecule has 0 bridgehead atoms. The Morgan fingerprint density at radius 2 is 0.878 bits per heavy atom. The van der Waals surface area contributed by atoms with E-state index in [9.17, 15) is 4.79 Å². The van der Waals surface area contributed by atoms with Crippen molar-refractivity contribution in [3.8, 4) is 17.2 Å². The molecule has 258 valence electrons. The minimum Gasteiger partial charge on any atom is -0.409 e.